The van der Waals surface area contributed by atoms with E-state index in [2.05, 4.69) is 22.1 Å². The van der Waals surface area contributed by atoms with Gasteiger partial charge < -0.3 is 10.2 Å². The minimum absolute atomic E-state index is 0.591. The van der Waals surface area contributed by atoms with Crippen molar-refractivity contribution < 1.29 is 0 Å². The zero-order chi connectivity index (χ0) is 13.1. The average Bonchev–Trinajstić information content (AvgIpc) is 2.97. The number of para-hydroxylation sites is 2. The molecule has 0 radical (unpaired) electrons. The normalized spacial score (nSPS) is 18.9. The molecule has 1 N–H and O–H groups in total. The summed E-state index contributed by atoms with van der Waals surface area (Å²) in [5.41, 5.74) is 1.93. The van der Waals surface area contributed by atoms with E-state index in [0.717, 1.165) is 36.5 Å². The number of aromatic nitrogens is 2. The number of nitrogens with zero attached hydrogens (tertiary/aromatic N) is 3. The minimum Gasteiger partial charge on any atom is -0.354 e. The molecule has 1 aliphatic heterocycles. The van der Waals surface area contributed by atoms with E-state index in [1.807, 2.05) is 30.5 Å². The lowest BCUT2D eigenvalue weighted by molar-refractivity contribution is 0.584. The molecular formula is C15H20N4. The Labute approximate surface area is 113 Å². The van der Waals surface area contributed by atoms with Gasteiger partial charge in [0.25, 0.3) is 0 Å². The number of rotatable bonds is 4. The third kappa shape index (κ3) is 2.68. The van der Waals surface area contributed by atoms with Gasteiger partial charge in [0, 0.05) is 19.1 Å². The highest BCUT2D eigenvalue weighted by molar-refractivity contribution is 5.75. The molecule has 3 rings (SSSR count). The van der Waals surface area contributed by atoms with Crippen molar-refractivity contribution in [2.75, 3.05) is 24.5 Å². The maximum absolute atomic E-state index is 4.72. The van der Waals surface area contributed by atoms with Crippen LogP contribution in [-0.2, 0) is 0 Å². The second-order valence-electron chi connectivity index (χ2n) is 5.05. The van der Waals surface area contributed by atoms with Crippen LogP contribution in [0.5, 0.6) is 0 Å². The number of fused-ring (bicyclic) bond motifs is 1. The van der Waals surface area contributed by atoms with Crippen LogP contribution in [0.4, 0.5) is 5.82 Å². The first-order valence-electron chi connectivity index (χ1n) is 7.07. The fourth-order valence-corrected chi connectivity index (χ4v) is 2.66. The molecule has 1 saturated heterocycles. The van der Waals surface area contributed by atoms with Gasteiger partial charge in [-0.1, -0.05) is 12.1 Å². The van der Waals surface area contributed by atoms with Crippen molar-refractivity contribution in [3.05, 3.63) is 30.5 Å². The summed E-state index contributed by atoms with van der Waals surface area (Å²) in [6.45, 7) is 5.30. The van der Waals surface area contributed by atoms with E-state index in [0.29, 0.717) is 6.04 Å². The Kier molecular flexibility index (Phi) is 3.60. The van der Waals surface area contributed by atoms with E-state index >= 15 is 0 Å². The molecule has 19 heavy (non-hydrogen) atoms. The number of likely N-dealkylation sites (N-methyl/N-ethyl adjacent to an activating group) is 1. The molecule has 1 aliphatic rings. The van der Waals surface area contributed by atoms with Crippen molar-refractivity contribution in [2.45, 2.75) is 25.8 Å². The maximum atomic E-state index is 4.72. The van der Waals surface area contributed by atoms with Gasteiger partial charge in [0.1, 0.15) is 5.82 Å². The lowest BCUT2D eigenvalue weighted by Gasteiger charge is -2.25. The molecular weight excluding hydrogens is 236 g/mol. The molecule has 0 spiro atoms. The highest BCUT2D eigenvalue weighted by Crippen LogP contribution is 2.17. The van der Waals surface area contributed by atoms with E-state index in [-0.39, 0.29) is 0 Å². The van der Waals surface area contributed by atoms with Crippen molar-refractivity contribution >= 4 is 16.9 Å². The number of benzene rings is 1. The molecule has 1 atom stereocenters. The van der Waals surface area contributed by atoms with Crippen LogP contribution >= 0.6 is 0 Å². The second kappa shape index (κ2) is 5.53. The molecule has 0 aliphatic carbocycles. The van der Waals surface area contributed by atoms with Gasteiger partial charge >= 0.3 is 0 Å². The van der Waals surface area contributed by atoms with Gasteiger partial charge in [-0.3, -0.25) is 4.98 Å². The zero-order valence-corrected chi connectivity index (χ0v) is 11.3. The Bertz CT molecular complexity index is 549. The first-order valence-corrected chi connectivity index (χ1v) is 7.07. The number of hydrogen-bond acceptors (Lipinski definition) is 4. The van der Waals surface area contributed by atoms with Crippen molar-refractivity contribution in [3.8, 4) is 0 Å². The van der Waals surface area contributed by atoms with Crippen LogP contribution in [0.25, 0.3) is 11.0 Å². The fourth-order valence-electron chi connectivity index (χ4n) is 2.66. The molecule has 1 aromatic carbocycles. The predicted molar refractivity (Wildman–Crippen MR) is 78.4 cm³/mol. The molecule has 1 fully saturated rings. The van der Waals surface area contributed by atoms with Crippen molar-refractivity contribution in [1.29, 1.82) is 0 Å². The van der Waals surface area contributed by atoms with Crippen molar-refractivity contribution in [3.63, 3.8) is 0 Å². The smallest absolute Gasteiger partial charge is 0.147 e. The monoisotopic (exact) mass is 256 g/mol. The predicted octanol–water partition coefficient (Wildman–Crippen LogP) is 2.21. The molecule has 4 nitrogen and oxygen atoms in total. The third-order valence-electron chi connectivity index (χ3n) is 3.74. The summed E-state index contributed by atoms with van der Waals surface area (Å²) < 4.78 is 0. The zero-order valence-electron chi connectivity index (χ0n) is 11.3. The van der Waals surface area contributed by atoms with E-state index in [1.165, 1.54) is 12.8 Å². The van der Waals surface area contributed by atoms with Crippen LogP contribution in [0.3, 0.4) is 0 Å². The van der Waals surface area contributed by atoms with Crippen LogP contribution in [0.2, 0.25) is 0 Å². The van der Waals surface area contributed by atoms with Crippen LogP contribution in [0.15, 0.2) is 30.5 Å². The van der Waals surface area contributed by atoms with Gasteiger partial charge in [0.15, 0.2) is 0 Å². The van der Waals surface area contributed by atoms with Crippen LogP contribution < -0.4 is 10.2 Å². The Morgan fingerprint density at radius 2 is 2.16 bits per heavy atom. The Morgan fingerprint density at radius 3 is 2.89 bits per heavy atom. The van der Waals surface area contributed by atoms with Gasteiger partial charge in [0.2, 0.25) is 0 Å². The fraction of sp³-hybridized carbons (Fsp3) is 0.467. The summed E-state index contributed by atoms with van der Waals surface area (Å²) in [5.74, 6) is 0.981. The maximum Gasteiger partial charge on any atom is 0.147 e. The van der Waals surface area contributed by atoms with Gasteiger partial charge in [-0.25, -0.2) is 4.98 Å². The first-order chi connectivity index (χ1) is 9.36. The Balaban J connectivity index is 1.83. The SMILES string of the molecule is CCN(CC1CCCN1)c1cnc2ccccc2n1. The summed E-state index contributed by atoms with van der Waals surface area (Å²) in [6.07, 6.45) is 4.43. The molecule has 0 saturated carbocycles. The average molecular weight is 256 g/mol. The first kappa shape index (κ1) is 12.4. The van der Waals surface area contributed by atoms with Gasteiger partial charge in [-0.15, -0.1) is 0 Å². The molecule has 2 aromatic rings. The highest BCUT2D eigenvalue weighted by Gasteiger charge is 2.18. The molecule has 1 aromatic heterocycles. The summed E-state index contributed by atoms with van der Waals surface area (Å²) in [5, 5.41) is 3.54. The lowest BCUT2D eigenvalue weighted by Crippen LogP contribution is -2.38. The quantitative estimate of drug-likeness (QED) is 0.910. The van der Waals surface area contributed by atoms with Gasteiger partial charge in [-0.2, -0.15) is 0 Å². The summed E-state index contributed by atoms with van der Waals surface area (Å²) >= 11 is 0. The summed E-state index contributed by atoms with van der Waals surface area (Å²) in [4.78, 5) is 11.5. The van der Waals surface area contributed by atoms with Crippen LogP contribution in [0, 0.1) is 0 Å². The van der Waals surface area contributed by atoms with E-state index in [4.69, 9.17) is 4.98 Å². The third-order valence-corrected chi connectivity index (χ3v) is 3.74. The summed E-state index contributed by atoms with van der Waals surface area (Å²) in [6, 6.07) is 8.62. The highest BCUT2D eigenvalue weighted by atomic mass is 15.2. The second-order valence-corrected chi connectivity index (χ2v) is 5.05. The van der Waals surface area contributed by atoms with Gasteiger partial charge in [0.05, 0.1) is 17.2 Å². The Morgan fingerprint density at radius 1 is 1.32 bits per heavy atom. The minimum atomic E-state index is 0.591. The van der Waals surface area contributed by atoms with E-state index in [9.17, 15) is 0 Å². The molecule has 0 bridgehead atoms. The molecule has 4 heteroatoms. The molecule has 0 amide bonds. The lowest BCUT2D eigenvalue weighted by atomic mass is 10.2. The van der Waals surface area contributed by atoms with Crippen LogP contribution in [-0.4, -0.2) is 35.6 Å². The standard InChI is InChI=1S/C15H20N4/c1-2-19(11-12-6-5-9-16-12)15-10-17-13-7-3-4-8-14(13)18-15/h3-4,7-8,10,12,16H,2,5-6,9,11H2,1H3. The number of nitrogens with one attached hydrogen (secondary N) is 1. The Hall–Kier alpha value is -1.68. The summed E-state index contributed by atoms with van der Waals surface area (Å²) in [7, 11) is 0. The van der Waals surface area contributed by atoms with Gasteiger partial charge in [-0.05, 0) is 38.4 Å². The van der Waals surface area contributed by atoms with E-state index in [1.54, 1.807) is 0 Å². The number of anilines is 1. The van der Waals surface area contributed by atoms with Crippen molar-refractivity contribution in [1.82, 2.24) is 15.3 Å². The van der Waals surface area contributed by atoms with Crippen LogP contribution in [0.1, 0.15) is 19.8 Å². The molecule has 1 unspecified atom stereocenters. The van der Waals surface area contributed by atoms with E-state index < -0.39 is 0 Å². The molecule has 100 valence electrons. The number of hydrogen-bond donors (Lipinski definition) is 1. The van der Waals surface area contributed by atoms with Crippen molar-refractivity contribution in [2.24, 2.45) is 0 Å². The largest absolute Gasteiger partial charge is 0.354 e. The molecule has 2 heterocycles. The topological polar surface area (TPSA) is 41.0 Å².